The summed E-state index contributed by atoms with van der Waals surface area (Å²) in [5.74, 6) is 0.896. The first-order valence-corrected chi connectivity index (χ1v) is 13.2. The number of aromatic nitrogens is 1. The number of nitrogens with zero attached hydrogens (tertiary/aromatic N) is 3. The van der Waals surface area contributed by atoms with E-state index >= 15 is 0 Å². The van der Waals surface area contributed by atoms with E-state index in [-0.39, 0.29) is 0 Å². The predicted molar refractivity (Wildman–Crippen MR) is 135 cm³/mol. The van der Waals surface area contributed by atoms with Gasteiger partial charge in [-0.3, -0.25) is 9.78 Å². The first-order chi connectivity index (χ1) is 16.3. The van der Waals surface area contributed by atoms with Gasteiger partial charge in [0.1, 0.15) is 0 Å². The quantitative estimate of drug-likeness (QED) is 0.428. The van der Waals surface area contributed by atoms with Crippen molar-refractivity contribution in [2.75, 3.05) is 19.6 Å². The molecule has 2 aliphatic rings. The van der Waals surface area contributed by atoms with E-state index in [1.165, 1.54) is 57.1 Å². The van der Waals surface area contributed by atoms with E-state index in [0.717, 1.165) is 44.0 Å². The van der Waals surface area contributed by atoms with E-state index in [1.807, 2.05) is 18.5 Å². The summed E-state index contributed by atoms with van der Waals surface area (Å²) in [6, 6.07) is 15.5. The molecule has 2 fully saturated rings. The van der Waals surface area contributed by atoms with Crippen molar-refractivity contribution in [3.63, 3.8) is 0 Å². The van der Waals surface area contributed by atoms with E-state index in [9.17, 15) is 4.79 Å². The van der Waals surface area contributed by atoms with Gasteiger partial charge >= 0.3 is 0 Å². The highest BCUT2D eigenvalue weighted by Gasteiger charge is 2.29. The van der Waals surface area contributed by atoms with Crippen molar-refractivity contribution in [2.24, 2.45) is 5.92 Å². The molecule has 0 bridgehead atoms. The van der Waals surface area contributed by atoms with Crippen molar-refractivity contribution in [1.82, 2.24) is 14.8 Å². The molecular weight excluding hydrogens is 406 g/mol. The summed E-state index contributed by atoms with van der Waals surface area (Å²) in [5.41, 5.74) is 2.50. The van der Waals surface area contributed by atoms with Crippen molar-refractivity contribution < 1.29 is 4.79 Å². The normalized spacial score (nSPS) is 19.9. The lowest BCUT2D eigenvalue weighted by molar-refractivity contribution is -0.133. The van der Waals surface area contributed by atoms with Crippen molar-refractivity contribution in [3.05, 3.63) is 66.0 Å². The molecule has 1 aromatic carbocycles. The van der Waals surface area contributed by atoms with Crippen LogP contribution in [0.5, 0.6) is 0 Å². The molecule has 2 heterocycles. The number of pyridine rings is 1. The third kappa shape index (κ3) is 7.67. The zero-order valence-electron chi connectivity index (χ0n) is 20.2. The Hall–Kier alpha value is -2.20. The molecule has 0 N–H and O–H groups in total. The van der Waals surface area contributed by atoms with Crippen molar-refractivity contribution in [2.45, 2.75) is 83.2 Å². The first kappa shape index (κ1) is 23.9. The highest BCUT2D eigenvalue weighted by molar-refractivity contribution is 5.76. The van der Waals surface area contributed by atoms with Gasteiger partial charge in [-0.25, -0.2) is 0 Å². The largest absolute Gasteiger partial charge is 0.338 e. The maximum absolute atomic E-state index is 13.3. The lowest BCUT2D eigenvalue weighted by Gasteiger charge is -2.41. The van der Waals surface area contributed by atoms with Gasteiger partial charge in [-0.15, -0.1) is 0 Å². The molecule has 0 spiro atoms. The van der Waals surface area contributed by atoms with Crippen molar-refractivity contribution in [3.8, 4) is 0 Å². The third-order valence-electron chi connectivity index (χ3n) is 7.52. The van der Waals surface area contributed by atoms with Gasteiger partial charge in [-0.2, -0.15) is 0 Å². The molecule has 1 aromatic heterocycles. The number of hydrogen-bond acceptors (Lipinski definition) is 3. The van der Waals surface area contributed by atoms with E-state index < -0.39 is 0 Å². The van der Waals surface area contributed by atoms with Gasteiger partial charge in [0.05, 0.1) is 0 Å². The molecule has 4 nitrogen and oxygen atoms in total. The molecule has 178 valence electrons. The first-order valence-electron chi connectivity index (χ1n) is 13.2. The van der Waals surface area contributed by atoms with Crippen molar-refractivity contribution >= 4 is 5.91 Å². The second-order valence-electron chi connectivity index (χ2n) is 10.1. The van der Waals surface area contributed by atoms with Crippen LogP contribution in [0.4, 0.5) is 0 Å². The van der Waals surface area contributed by atoms with Crippen LogP contribution in [-0.2, 0) is 17.8 Å². The molecule has 2 aromatic rings. The van der Waals surface area contributed by atoms with Crippen LogP contribution in [0.1, 0.15) is 75.3 Å². The number of amides is 1. The summed E-state index contributed by atoms with van der Waals surface area (Å²) in [6.45, 7) is 3.98. The molecule has 1 saturated carbocycles. The molecule has 4 rings (SSSR count). The standard InChI is InChI=1S/C29H41N3O/c33-29(18-8-7-13-25-11-3-1-4-12-25)32(22-26-14-9-19-30-21-26)24-27-15-10-20-31(23-27)28-16-5-2-6-17-28/h1,3-4,9,11-12,14,19,21,27-28H,2,5-8,10,13,15-18,20,22-24H2/t27-/m0/s1. The molecule has 1 amide bonds. The maximum atomic E-state index is 13.3. The van der Waals surface area contributed by atoms with Gasteiger partial charge < -0.3 is 9.80 Å². The second-order valence-corrected chi connectivity index (χ2v) is 10.1. The number of carbonyl (C=O) groups is 1. The van der Waals surface area contributed by atoms with Crippen LogP contribution in [-0.4, -0.2) is 46.4 Å². The van der Waals surface area contributed by atoms with Crippen LogP contribution < -0.4 is 0 Å². The SMILES string of the molecule is O=C(CCCCc1ccccc1)N(Cc1cccnc1)C[C@H]1CCCN(C2CCCCC2)C1. The molecule has 0 unspecified atom stereocenters. The van der Waals surface area contributed by atoms with Gasteiger partial charge in [0, 0.05) is 44.5 Å². The summed E-state index contributed by atoms with van der Waals surface area (Å²) in [7, 11) is 0. The fourth-order valence-electron chi connectivity index (χ4n) is 5.71. The zero-order chi connectivity index (χ0) is 22.7. The molecule has 4 heteroatoms. The molecule has 1 saturated heterocycles. The Morgan fingerprint density at radius 1 is 0.939 bits per heavy atom. The number of rotatable bonds is 10. The zero-order valence-corrected chi connectivity index (χ0v) is 20.2. The van der Waals surface area contributed by atoms with E-state index in [0.29, 0.717) is 24.8 Å². The minimum absolute atomic E-state index is 0.307. The number of hydrogen-bond donors (Lipinski definition) is 0. The highest BCUT2D eigenvalue weighted by Crippen LogP contribution is 2.28. The van der Waals surface area contributed by atoms with Gasteiger partial charge in [0.25, 0.3) is 0 Å². The molecule has 1 atom stereocenters. The minimum Gasteiger partial charge on any atom is -0.338 e. The molecule has 1 aliphatic carbocycles. The average Bonchev–Trinajstić information content (AvgIpc) is 2.88. The van der Waals surface area contributed by atoms with Crippen LogP contribution in [0.3, 0.4) is 0 Å². The van der Waals surface area contributed by atoms with Crippen LogP contribution in [0, 0.1) is 5.92 Å². The van der Waals surface area contributed by atoms with Gasteiger partial charge in [-0.1, -0.05) is 55.7 Å². The minimum atomic E-state index is 0.307. The fourth-order valence-corrected chi connectivity index (χ4v) is 5.71. The van der Waals surface area contributed by atoms with Crippen LogP contribution >= 0.6 is 0 Å². The van der Waals surface area contributed by atoms with Crippen molar-refractivity contribution in [1.29, 1.82) is 0 Å². The van der Waals surface area contributed by atoms with Gasteiger partial charge in [-0.05, 0) is 74.6 Å². The fraction of sp³-hybridized carbons (Fsp3) is 0.586. The molecule has 0 radical (unpaired) electrons. The number of piperidine rings is 1. The summed E-state index contributed by atoms with van der Waals surface area (Å²) in [5, 5.41) is 0. The van der Waals surface area contributed by atoms with E-state index in [2.05, 4.69) is 51.2 Å². The lowest BCUT2D eigenvalue weighted by Crippen LogP contribution is -2.47. The molecule has 33 heavy (non-hydrogen) atoms. The van der Waals surface area contributed by atoms with E-state index in [4.69, 9.17) is 0 Å². The lowest BCUT2D eigenvalue weighted by atomic mass is 9.90. The van der Waals surface area contributed by atoms with Crippen LogP contribution in [0.25, 0.3) is 0 Å². The summed E-state index contributed by atoms with van der Waals surface area (Å²) < 4.78 is 0. The van der Waals surface area contributed by atoms with Crippen LogP contribution in [0.2, 0.25) is 0 Å². The Morgan fingerprint density at radius 2 is 1.76 bits per heavy atom. The Kier molecular flexibility index (Phi) is 9.35. The highest BCUT2D eigenvalue weighted by atomic mass is 16.2. The number of carbonyl (C=O) groups excluding carboxylic acids is 1. The summed E-state index contributed by atoms with van der Waals surface area (Å²) in [4.78, 5) is 22.5. The smallest absolute Gasteiger partial charge is 0.222 e. The number of likely N-dealkylation sites (tertiary alicyclic amines) is 1. The Bertz CT molecular complexity index is 819. The second kappa shape index (κ2) is 12.9. The topological polar surface area (TPSA) is 36.4 Å². The van der Waals surface area contributed by atoms with E-state index in [1.54, 1.807) is 0 Å². The molecular formula is C29H41N3O. The summed E-state index contributed by atoms with van der Waals surface area (Å²) in [6.07, 6.45) is 16.9. The van der Waals surface area contributed by atoms with Crippen LogP contribution in [0.15, 0.2) is 54.9 Å². The average molecular weight is 448 g/mol. The number of aryl methyl sites for hydroxylation is 1. The Balaban J connectivity index is 1.32. The Morgan fingerprint density at radius 3 is 2.55 bits per heavy atom. The predicted octanol–water partition coefficient (Wildman–Crippen LogP) is 5.87. The molecule has 1 aliphatic heterocycles. The van der Waals surface area contributed by atoms with Gasteiger partial charge in [0.15, 0.2) is 0 Å². The monoisotopic (exact) mass is 447 g/mol. The Labute approximate surface area is 200 Å². The van der Waals surface area contributed by atoms with Gasteiger partial charge in [0.2, 0.25) is 5.91 Å². The third-order valence-corrected chi connectivity index (χ3v) is 7.52. The summed E-state index contributed by atoms with van der Waals surface area (Å²) >= 11 is 0. The number of unbranched alkanes of at least 4 members (excludes halogenated alkanes) is 1. The number of benzene rings is 1. The maximum Gasteiger partial charge on any atom is 0.222 e.